The van der Waals surface area contributed by atoms with Crippen molar-refractivity contribution < 1.29 is 13.3 Å². The molecule has 0 bridgehead atoms. The summed E-state index contributed by atoms with van der Waals surface area (Å²) in [7, 11) is -3.63. The minimum Gasteiger partial charge on any atom is -0.397 e. The highest BCUT2D eigenvalue weighted by Gasteiger charge is 2.27. The average molecular weight is 277 g/mol. The first-order chi connectivity index (χ1) is 8.01. The molecule has 1 fully saturated rings. The van der Waals surface area contributed by atoms with Gasteiger partial charge in [0.25, 0.3) is 10.0 Å². The second-order valence-corrected chi connectivity index (χ2v) is 5.99. The molecule has 0 spiro atoms. The van der Waals surface area contributed by atoms with Crippen LogP contribution in [0, 0.1) is 0 Å². The predicted octanol–water partition coefficient (Wildman–Crippen LogP) is 1.64. The number of anilines is 1. The summed E-state index contributed by atoms with van der Waals surface area (Å²) >= 11 is 5.75. The predicted molar refractivity (Wildman–Crippen MR) is 64.9 cm³/mol. The molecule has 2 N–H and O–H groups in total. The van der Waals surface area contributed by atoms with E-state index in [4.69, 9.17) is 22.2 Å². The lowest BCUT2D eigenvalue weighted by atomic mass is 10.3. The fourth-order valence-electron chi connectivity index (χ4n) is 1.56. The first-order valence-corrected chi connectivity index (χ1v) is 7.04. The number of nitrogens with zero attached hydrogens (tertiary/aromatic N) is 1. The standard InChI is InChI=1S/C10H13ClN2O3S/c11-9-4-3-8(7-10(9)12)17(14,15)13-5-1-2-6-16-13/h3-4,7H,1-2,5-6,12H2. The lowest BCUT2D eigenvalue weighted by molar-refractivity contribution is -0.108. The Morgan fingerprint density at radius 3 is 2.71 bits per heavy atom. The van der Waals surface area contributed by atoms with E-state index in [1.807, 2.05) is 0 Å². The second kappa shape index (κ2) is 4.81. The molecule has 0 saturated carbocycles. The van der Waals surface area contributed by atoms with Gasteiger partial charge in [-0.05, 0) is 31.0 Å². The van der Waals surface area contributed by atoms with Crippen LogP contribution in [0.2, 0.25) is 5.02 Å². The van der Waals surface area contributed by atoms with Gasteiger partial charge in [0.05, 0.1) is 22.2 Å². The van der Waals surface area contributed by atoms with Crippen molar-refractivity contribution in [2.75, 3.05) is 18.9 Å². The highest BCUT2D eigenvalue weighted by Crippen LogP contribution is 2.25. The van der Waals surface area contributed by atoms with Crippen molar-refractivity contribution in [2.45, 2.75) is 17.7 Å². The van der Waals surface area contributed by atoms with Crippen molar-refractivity contribution in [1.82, 2.24) is 4.47 Å². The van der Waals surface area contributed by atoms with Crippen LogP contribution in [0.15, 0.2) is 23.1 Å². The quantitative estimate of drug-likeness (QED) is 0.834. The Labute approximate surface area is 105 Å². The van der Waals surface area contributed by atoms with Gasteiger partial charge < -0.3 is 5.73 Å². The molecule has 7 heteroatoms. The van der Waals surface area contributed by atoms with Crippen LogP contribution in [0.3, 0.4) is 0 Å². The molecule has 1 saturated heterocycles. The first kappa shape index (κ1) is 12.6. The molecule has 0 amide bonds. The monoisotopic (exact) mass is 276 g/mol. The van der Waals surface area contributed by atoms with Crippen molar-refractivity contribution in [3.8, 4) is 0 Å². The fourth-order valence-corrected chi connectivity index (χ4v) is 3.01. The topological polar surface area (TPSA) is 72.6 Å². The van der Waals surface area contributed by atoms with Crippen LogP contribution in [0.5, 0.6) is 0 Å². The Kier molecular flexibility index (Phi) is 3.58. The van der Waals surface area contributed by atoms with Gasteiger partial charge in [0.1, 0.15) is 0 Å². The van der Waals surface area contributed by atoms with Crippen molar-refractivity contribution in [3.05, 3.63) is 23.2 Å². The number of sulfonamides is 1. The molecule has 94 valence electrons. The molecule has 5 nitrogen and oxygen atoms in total. The third-order valence-corrected chi connectivity index (χ3v) is 4.52. The van der Waals surface area contributed by atoms with Gasteiger partial charge in [-0.15, -0.1) is 0 Å². The van der Waals surface area contributed by atoms with E-state index in [9.17, 15) is 8.42 Å². The number of nitrogens with two attached hydrogens (primary N) is 1. The Morgan fingerprint density at radius 1 is 1.35 bits per heavy atom. The summed E-state index contributed by atoms with van der Waals surface area (Å²) < 4.78 is 25.3. The number of benzene rings is 1. The molecule has 1 aliphatic rings. The van der Waals surface area contributed by atoms with E-state index in [0.29, 0.717) is 18.2 Å². The van der Waals surface area contributed by atoms with Gasteiger partial charge in [0.15, 0.2) is 0 Å². The molecule has 17 heavy (non-hydrogen) atoms. The van der Waals surface area contributed by atoms with Gasteiger partial charge in [-0.3, -0.25) is 4.84 Å². The van der Waals surface area contributed by atoms with Crippen LogP contribution in [0.1, 0.15) is 12.8 Å². The lowest BCUT2D eigenvalue weighted by Crippen LogP contribution is -2.35. The third-order valence-electron chi connectivity index (χ3n) is 2.50. The summed E-state index contributed by atoms with van der Waals surface area (Å²) in [4.78, 5) is 5.24. The summed E-state index contributed by atoms with van der Waals surface area (Å²) in [5, 5.41) is 0.337. The molecule has 0 unspecified atom stereocenters. The molecule has 1 aromatic carbocycles. The summed E-state index contributed by atoms with van der Waals surface area (Å²) in [5.41, 5.74) is 5.83. The normalized spacial score (nSPS) is 18.2. The summed E-state index contributed by atoms with van der Waals surface area (Å²) in [6.45, 7) is 0.785. The van der Waals surface area contributed by atoms with Gasteiger partial charge >= 0.3 is 0 Å². The minimum absolute atomic E-state index is 0.0984. The number of hydrogen-bond donors (Lipinski definition) is 1. The molecule has 0 radical (unpaired) electrons. The largest absolute Gasteiger partial charge is 0.397 e. The number of rotatable bonds is 2. The molecule has 1 heterocycles. The maximum absolute atomic E-state index is 12.2. The smallest absolute Gasteiger partial charge is 0.265 e. The summed E-state index contributed by atoms with van der Waals surface area (Å²) in [6.07, 6.45) is 1.66. The van der Waals surface area contributed by atoms with E-state index in [0.717, 1.165) is 17.3 Å². The zero-order valence-electron chi connectivity index (χ0n) is 9.10. The number of halogens is 1. The number of hydroxylamine groups is 1. The molecule has 0 aliphatic carbocycles. The van der Waals surface area contributed by atoms with Crippen LogP contribution in [-0.4, -0.2) is 26.0 Å². The third kappa shape index (κ3) is 2.55. The van der Waals surface area contributed by atoms with Crippen molar-refractivity contribution in [3.63, 3.8) is 0 Å². The maximum atomic E-state index is 12.2. The van der Waals surface area contributed by atoms with Crippen LogP contribution >= 0.6 is 11.6 Å². The SMILES string of the molecule is Nc1cc(S(=O)(=O)N2CCCCO2)ccc1Cl. The Balaban J connectivity index is 2.33. The van der Waals surface area contributed by atoms with E-state index in [-0.39, 0.29) is 10.6 Å². The highest BCUT2D eigenvalue weighted by molar-refractivity contribution is 7.89. The fraction of sp³-hybridized carbons (Fsp3) is 0.400. The van der Waals surface area contributed by atoms with Crippen LogP contribution in [0.25, 0.3) is 0 Å². The molecule has 0 aromatic heterocycles. The maximum Gasteiger partial charge on any atom is 0.265 e. The highest BCUT2D eigenvalue weighted by atomic mass is 35.5. The first-order valence-electron chi connectivity index (χ1n) is 5.22. The van der Waals surface area contributed by atoms with Crippen molar-refractivity contribution in [2.24, 2.45) is 0 Å². The number of nitrogen functional groups attached to an aromatic ring is 1. The van der Waals surface area contributed by atoms with Gasteiger partial charge in [0, 0.05) is 6.54 Å². The van der Waals surface area contributed by atoms with Crippen LogP contribution in [0.4, 0.5) is 5.69 Å². The number of hydrogen-bond acceptors (Lipinski definition) is 4. The van der Waals surface area contributed by atoms with E-state index in [2.05, 4.69) is 0 Å². The summed E-state index contributed by atoms with van der Waals surface area (Å²) in [5.74, 6) is 0. The minimum atomic E-state index is -3.63. The zero-order chi connectivity index (χ0) is 12.5. The van der Waals surface area contributed by atoms with Gasteiger partial charge in [-0.2, -0.15) is 0 Å². The van der Waals surface area contributed by atoms with Crippen LogP contribution < -0.4 is 5.73 Å². The zero-order valence-corrected chi connectivity index (χ0v) is 10.7. The summed E-state index contributed by atoms with van der Waals surface area (Å²) in [6, 6.07) is 4.23. The van der Waals surface area contributed by atoms with E-state index in [1.165, 1.54) is 18.2 Å². The molecule has 0 atom stereocenters. The van der Waals surface area contributed by atoms with E-state index < -0.39 is 10.0 Å². The van der Waals surface area contributed by atoms with Gasteiger partial charge in [-0.25, -0.2) is 8.42 Å². The van der Waals surface area contributed by atoms with Crippen molar-refractivity contribution in [1.29, 1.82) is 0 Å². The average Bonchev–Trinajstić information content (AvgIpc) is 2.33. The van der Waals surface area contributed by atoms with Gasteiger partial charge in [0.2, 0.25) is 0 Å². The van der Waals surface area contributed by atoms with E-state index >= 15 is 0 Å². The Bertz CT molecular complexity index is 512. The molecule has 2 rings (SSSR count). The Morgan fingerprint density at radius 2 is 2.12 bits per heavy atom. The second-order valence-electron chi connectivity index (χ2n) is 3.76. The van der Waals surface area contributed by atoms with Crippen LogP contribution in [-0.2, 0) is 14.9 Å². The van der Waals surface area contributed by atoms with Crippen molar-refractivity contribution >= 4 is 27.3 Å². The van der Waals surface area contributed by atoms with Gasteiger partial charge in [-0.1, -0.05) is 16.1 Å². The van der Waals surface area contributed by atoms with E-state index in [1.54, 1.807) is 0 Å². The molecular formula is C10H13ClN2O3S. The molecular weight excluding hydrogens is 264 g/mol. The molecule has 1 aliphatic heterocycles. The Hall–Kier alpha value is -0.820. The molecule has 1 aromatic rings. The lowest BCUT2D eigenvalue weighted by Gasteiger charge is -2.25.